The number of nitrogens with zero attached hydrogens (tertiary/aromatic N) is 1. The van der Waals surface area contributed by atoms with Gasteiger partial charge >= 0.3 is 0 Å². The molecule has 6 heteroatoms. The topological polar surface area (TPSA) is 70.0 Å². The fourth-order valence-corrected chi connectivity index (χ4v) is 4.57. The SMILES string of the molecule is O=C(c1ccccc1)C(Cc1ccc(F)cc1)OCC(O)CN1CCC(O)(c2ccccc2)CC1. The molecule has 1 saturated heterocycles. The number of ether oxygens (including phenoxy) is 1. The van der Waals surface area contributed by atoms with Crippen LogP contribution >= 0.6 is 0 Å². The molecule has 184 valence electrons. The molecule has 1 aliphatic rings. The lowest BCUT2D eigenvalue weighted by Crippen LogP contribution is -2.46. The summed E-state index contributed by atoms with van der Waals surface area (Å²) in [5.74, 6) is -0.509. The van der Waals surface area contributed by atoms with Crippen molar-refractivity contribution in [1.82, 2.24) is 4.90 Å². The Morgan fingerprint density at radius 2 is 1.54 bits per heavy atom. The van der Waals surface area contributed by atoms with E-state index in [1.165, 1.54) is 12.1 Å². The van der Waals surface area contributed by atoms with Crippen LogP contribution < -0.4 is 0 Å². The standard InChI is InChI=1S/C29H32FNO4/c30-25-13-11-22(12-14-25)19-27(28(33)23-7-3-1-4-8-23)35-21-26(32)20-31-17-15-29(34,16-18-31)24-9-5-2-6-10-24/h1-14,26-27,32,34H,15-21H2. The second kappa shape index (κ2) is 11.7. The quantitative estimate of drug-likeness (QED) is 0.433. The number of aliphatic hydroxyl groups excluding tert-OH is 1. The molecule has 2 unspecified atom stereocenters. The van der Waals surface area contributed by atoms with Gasteiger partial charge in [0.05, 0.1) is 18.3 Å². The highest BCUT2D eigenvalue weighted by molar-refractivity contribution is 5.99. The van der Waals surface area contributed by atoms with Crippen molar-refractivity contribution in [3.8, 4) is 0 Å². The molecule has 1 aliphatic heterocycles. The molecule has 5 nitrogen and oxygen atoms in total. The number of piperidine rings is 1. The molecular weight excluding hydrogens is 445 g/mol. The predicted octanol–water partition coefficient (Wildman–Crippen LogP) is 3.98. The molecule has 2 atom stereocenters. The maximum absolute atomic E-state index is 13.3. The summed E-state index contributed by atoms with van der Waals surface area (Å²) in [7, 11) is 0. The molecule has 0 aromatic heterocycles. The highest BCUT2D eigenvalue weighted by atomic mass is 19.1. The molecule has 35 heavy (non-hydrogen) atoms. The van der Waals surface area contributed by atoms with Crippen molar-refractivity contribution in [2.24, 2.45) is 0 Å². The molecular formula is C29H32FNO4. The highest BCUT2D eigenvalue weighted by Crippen LogP contribution is 2.32. The summed E-state index contributed by atoms with van der Waals surface area (Å²) in [5, 5.41) is 21.7. The first-order chi connectivity index (χ1) is 16.9. The van der Waals surface area contributed by atoms with Crippen molar-refractivity contribution in [3.63, 3.8) is 0 Å². The normalized spacial score (nSPS) is 17.6. The molecule has 4 rings (SSSR count). The number of likely N-dealkylation sites (tertiary alicyclic amines) is 1. The third-order valence-electron chi connectivity index (χ3n) is 6.64. The van der Waals surface area contributed by atoms with E-state index in [1.54, 1.807) is 36.4 Å². The van der Waals surface area contributed by atoms with E-state index >= 15 is 0 Å². The van der Waals surface area contributed by atoms with Gasteiger partial charge in [-0.25, -0.2) is 4.39 Å². The number of benzene rings is 3. The molecule has 0 bridgehead atoms. The van der Waals surface area contributed by atoms with E-state index in [4.69, 9.17) is 4.74 Å². The Hall–Kier alpha value is -2.90. The number of hydrogen-bond donors (Lipinski definition) is 2. The smallest absolute Gasteiger partial charge is 0.191 e. The Morgan fingerprint density at radius 1 is 0.943 bits per heavy atom. The predicted molar refractivity (Wildman–Crippen MR) is 133 cm³/mol. The monoisotopic (exact) mass is 477 g/mol. The lowest BCUT2D eigenvalue weighted by Gasteiger charge is -2.39. The number of hydrogen-bond acceptors (Lipinski definition) is 5. The van der Waals surface area contributed by atoms with Gasteiger partial charge in [-0.15, -0.1) is 0 Å². The average Bonchev–Trinajstić information content (AvgIpc) is 2.90. The van der Waals surface area contributed by atoms with E-state index in [-0.39, 0.29) is 24.6 Å². The highest BCUT2D eigenvalue weighted by Gasteiger charge is 2.34. The molecule has 0 amide bonds. The van der Waals surface area contributed by atoms with Gasteiger partial charge < -0.3 is 19.8 Å². The maximum Gasteiger partial charge on any atom is 0.191 e. The average molecular weight is 478 g/mol. The lowest BCUT2D eigenvalue weighted by atomic mass is 9.84. The van der Waals surface area contributed by atoms with E-state index in [2.05, 4.69) is 4.90 Å². The van der Waals surface area contributed by atoms with E-state index in [1.807, 2.05) is 36.4 Å². The van der Waals surface area contributed by atoms with E-state index in [0.29, 0.717) is 38.0 Å². The van der Waals surface area contributed by atoms with Gasteiger partial charge in [-0.05, 0) is 36.1 Å². The summed E-state index contributed by atoms with van der Waals surface area (Å²) in [6, 6.07) is 24.6. The second-order valence-corrected chi connectivity index (χ2v) is 9.23. The third kappa shape index (κ3) is 6.83. The van der Waals surface area contributed by atoms with Crippen LogP contribution in [0.1, 0.15) is 34.3 Å². The van der Waals surface area contributed by atoms with Crippen LogP contribution in [0.2, 0.25) is 0 Å². The van der Waals surface area contributed by atoms with Crippen molar-refractivity contribution >= 4 is 5.78 Å². The van der Waals surface area contributed by atoms with Crippen molar-refractivity contribution in [1.29, 1.82) is 0 Å². The van der Waals surface area contributed by atoms with Crippen molar-refractivity contribution in [2.45, 2.75) is 37.1 Å². The summed E-state index contributed by atoms with van der Waals surface area (Å²) in [6.45, 7) is 1.71. The minimum Gasteiger partial charge on any atom is -0.389 e. The van der Waals surface area contributed by atoms with Crippen LogP contribution in [0.15, 0.2) is 84.9 Å². The minimum absolute atomic E-state index is 0.00386. The van der Waals surface area contributed by atoms with Gasteiger partial charge in [0.2, 0.25) is 0 Å². The van der Waals surface area contributed by atoms with Crippen LogP contribution in [0.25, 0.3) is 0 Å². The Kier molecular flexibility index (Phi) is 8.42. The van der Waals surface area contributed by atoms with Gasteiger partial charge in [0.1, 0.15) is 11.9 Å². The number of ketones is 1. The van der Waals surface area contributed by atoms with Crippen LogP contribution in [-0.4, -0.2) is 59.3 Å². The lowest BCUT2D eigenvalue weighted by molar-refractivity contribution is -0.0483. The first-order valence-corrected chi connectivity index (χ1v) is 12.1. The largest absolute Gasteiger partial charge is 0.389 e. The number of aliphatic hydroxyl groups is 2. The van der Waals surface area contributed by atoms with Crippen molar-refractivity contribution in [3.05, 3.63) is 107 Å². The summed E-state index contributed by atoms with van der Waals surface area (Å²) in [5.41, 5.74) is 1.39. The number of rotatable bonds is 10. The van der Waals surface area contributed by atoms with Crippen LogP contribution in [0, 0.1) is 5.82 Å². The Balaban J connectivity index is 1.33. The number of carbonyl (C=O) groups excluding carboxylic acids is 1. The molecule has 0 aliphatic carbocycles. The van der Waals surface area contributed by atoms with Gasteiger partial charge in [-0.1, -0.05) is 72.8 Å². The number of halogens is 1. The summed E-state index contributed by atoms with van der Waals surface area (Å²) < 4.78 is 19.3. The molecule has 0 radical (unpaired) electrons. The summed E-state index contributed by atoms with van der Waals surface area (Å²) in [6.07, 6.45) is -0.109. The first-order valence-electron chi connectivity index (χ1n) is 12.1. The fourth-order valence-electron chi connectivity index (χ4n) is 4.57. The van der Waals surface area contributed by atoms with Gasteiger partial charge in [-0.3, -0.25) is 4.79 Å². The molecule has 1 fully saturated rings. The van der Waals surface area contributed by atoms with E-state index in [0.717, 1.165) is 11.1 Å². The van der Waals surface area contributed by atoms with E-state index in [9.17, 15) is 19.4 Å². The van der Waals surface area contributed by atoms with Crippen LogP contribution in [0.3, 0.4) is 0 Å². The number of β-amino-alcohol motifs (C(OH)–C–C–N with tert-alkyl or cyclic N) is 1. The van der Waals surface area contributed by atoms with Gasteiger partial charge in [0.15, 0.2) is 5.78 Å². The van der Waals surface area contributed by atoms with Crippen LogP contribution in [0.5, 0.6) is 0 Å². The van der Waals surface area contributed by atoms with Gasteiger partial charge in [0.25, 0.3) is 0 Å². The molecule has 0 saturated carbocycles. The Labute approximate surface area is 205 Å². The van der Waals surface area contributed by atoms with Gasteiger partial charge in [-0.2, -0.15) is 0 Å². The Bertz CT molecular complexity index is 1070. The zero-order valence-corrected chi connectivity index (χ0v) is 19.7. The number of carbonyl (C=O) groups is 1. The molecule has 3 aromatic carbocycles. The first kappa shape index (κ1) is 25.2. The second-order valence-electron chi connectivity index (χ2n) is 9.23. The number of Topliss-reactive ketones (excluding diaryl/α,β-unsaturated/α-hetero) is 1. The van der Waals surface area contributed by atoms with Crippen LogP contribution in [-0.2, 0) is 16.8 Å². The van der Waals surface area contributed by atoms with E-state index < -0.39 is 17.8 Å². The molecule has 0 spiro atoms. The zero-order valence-electron chi connectivity index (χ0n) is 19.7. The summed E-state index contributed by atoms with van der Waals surface area (Å²) in [4.78, 5) is 15.2. The summed E-state index contributed by atoms with van der Waals surface area (Å²) >= 11 is 0. The molecule has 2 N–H and O–H groups in total. The van der Waals surface area contributed by atoms with Crippen molar-refractivity contribution in [2.75, 3.05) is 26.2 Å². The zero-order chi connectivity index (χ0) is 24.7. The van der Waals surface area contributed by atoms with Crippen molar-refractivity contribution < 1.29 is 24.1 Å². The molecule has 1 heterocycles. The maximum atomic E-state index is 13.3. The fraction of sp³-hybridized carbons (Fsp3) is 0.345. The van der Waals surface area contributed by atoms with Crippen LogP contribution in [0.4, 0.5) is 4.39 Å². The Morgan fingerprint density at radius 3 is 2.17 bits per heavy atom. The minimum atomic E-state index is -0.846. The van der Waals surface area contributed by atoms with Gasteiger partial charge in [0, 0.05) is 31.6 Å². The molecule has 3 aromatic rings. The third-order valence-corrected chi connectivity index (χ3v) is 6.64.